The van der Waals surface area contributed by atoms with Gasteiger partial charge < -0.3 is 15.1 Å². The molecule has 1 saturated heterocycles. The number of tetrazole rings is 1. The summed E-state index contributed by atoms with van der Waals surface area (Å²) in [6, 6.07) is 9.11. The van der Waals surface area contributed by atoms with E-state index in [0.29, 0.717) is 43.0 Å². The molecule has 0 saturated carbocycles. The van der Waals surface area contributed by atoms with Gasteiger partial charge in [0.15, 0.2) is 0 Å². The lowest BCUT2D eigenvalue weighted by molar-refractivity contribution is 0.208. The van der Waals surface area contributed by atoms with Crippen LogP contribution in [0.3, 0.4) is 0 Å². The zero-order chi connectivity index (χ0) is 19.3. The van der Waals surface area contributed by atoms with E-state index in [4.69, 9.17) is 0 Å². The van der Waals surface area contributed by atoms with Crippen molar-refractivity contribution in [1.29, 1.82) is 0 Å². The van der Waals surface area contributed by atoms with Gasteiger partial charge in [0.1, 0.15) is 0 Å². The number of piperazine rings is 1. The highest BCUT2D eigenvalue weighted by atomic mass is 32.2. The Hall–Kier alpha value is -3.21. The summed E-state index contributed by atoms with van der Waals surface area (Å²) in [5.74, 6) is 0.696. The Morgan fingerprint density at radius 1 is 1.11 bits per heavy atom. The fraction of sp³-hybridized carbons (Fsp3) is 0.294. The number of hydrogen-bond acceptors (Lipinski definition) is 8. The van der Waals surface area contributed by atoms with E-state index in [9.17, 15) is 4.79 Å². The average Bonchev–Trinajstić information content (AvgIpc) is 3.24. The molecule has 28 heavy (non-hydrogen) atoms. The van der Waals surface area contributed by atoms with Gasteiger partial charge in [0.25, 0.3) is 0 Å². The maximum atomic E-state index is 12.6. The molecule has 11 heteroatoms. The summed E-state index contributed by atoms with van der Waals surface area (Å²) >= 11 is 1.45. The quantitative estimate of drug-likeness (QED) is 0.661. The van der Waals surface area contributed by atoms with Gasteiger partial charge in [-0.2, -0.15) is 4.68 Å². The minimum absolute atomic E-state index is 0.132. The number of hydrogen-bond donors (Lipinski definition) is 1. The van der Waals surface area contributed by atoms with Gasteiger partial charge in [0.2, 0.25) is 11.1 Å². The molecule has 2 aromatic heterocycles. The van der Waals surface area contributed by atoms with E-state index in [2.05, 4.69) is 35.7 Å². The Balaban J connectivity index is 1.39. The third-order valence-corrected chi connectivity index (χ3v) is 4.99. The van der Waals surface area contributed by atoms with E-state index in [0.717, 1.165) is 5.69 Å². The predicted octanol–water partition coefficient (Wildman–Crippen LogP) is 1.53. The van der Waals surface area contributed by atoms with Crippen LogP contribution in [0.1, 0.15) is 0 Å². The number of amides is 2. The van der Waals surface area contributed by atoms with Crippen molar-refractivity contribution < 1.29 is 4.79 Å². The third-order valence-electron chi connectivity index (χ3n) is 4.37. The van der Waals surface area contributed by atoms with E-state index in [1.165, 1.54) is 11.8 Å². The zero-order valence-electron chi connectivity index (χ0n) is 15.3. The molecule has 3 heterocycles. The van der Waals surface area contributed by atoms with E-state index < -0.39 is 0 Å². The lowest BCUT2D eigenvalue weighted by Gasteiger charge is -2.34. The minimum atomic E-state index is -0.132. The summed E-state index contributed by atoms with van der Waals surface area (Å²) in [5.41, 5.74) is 1.48. The number of urea groups is 1. The maximum absolute atomic E-state index is 12.6. The van der Waals surface area contributed by atoms with Gasteiger partial charge in [0.05, 0.1) is 5.69 Å². The Labute approximate surface area is 166 Å². The minimum Gasteiger partial charge on any atom is -0.337 e. The molecule has 0 unspecified atom stereocenters. The standard InChI is InChI=1S/C17H19N9OS/c1-28-17-21-22-23-26(17)14-5-2-4-13(12-14)20-16(27)25-10-8-24(9-11-25)15-18-6-3-7-19-15/h2-7,12H,8-11H2,1H3,(H,20,27). The number of benzene rings is 1. The Morgan fingerprint density at radius 2 is 1.89 bits per heavy atom. The molecule has 144 valence electrons. The first-order chi connectivity index (χ1) is 13.7. The summed E-state index contributed by atoms with van der Waals surface area (Å²) in [6.45, 7) is 2.60. The molecule has 0 atom stereocenters. The van der Waals surface area contributed by atoms with Crippen molar-refractivity contribution in [3.8, 4) is 5.69 Å². The lowest BCUT2D eigenvalue weighted by Crippen LogP contribution is -2.50. The zero-order valence-corrected chi connectivity index (χ0v) is 16.1. The second-order valence-corrected chi connectivity index (χ2v) is 6.85. The highest BCUT2D eigenvalue weighted by Gasteiger charge is 2.22. The van der Waals surface area contributed by atoms with Crippen LogP contribution in [-0.2, 0) is 0 Å². The second-order valence-electron chi connectivity index (χ2n) is 6.08. The topological polar surface area (TPSA) is 105 Å². The molecule has 1 aliphatic rings. The van der Waals surface area contributed by atoms with E-state index in [-0.39, 0.29) is 6.03 Å². The van der Waals surface area contributed by atoms with Gasteiger partial charge in [-0.25, -0.2) is 14.8 Å². The first-order valence-corrected chi connectivity index (χ1v) is 9.98. The maximum Gasteiger partial charge on any atom is 0.321 e. The van der Waals surface area contributed by atoms with Crippen LogP contribution < -0.4 is 10.2 Å². The average molecular weight is 397 g/mol. The fourth-order valence-electron chi connectivity index (χ4n) is 2.95. The van der Waals surface area contributed by atoms with Crippen LogP contribution >= 0.6 is 11.8 Å². The number of aromatic nitrogens is 6. The molecule has 1 aromatic carbocycles. The van der Waals surface area contributed by atoms with Crippen LogP contribution in [0.5, 0.6) is 0 Å². The van der Waals surface area contributed by atoms with Crippen molar-refractivity contribution in [2.24, 2.45) is 0 Å². The molecule has 10 nitrogen and oxygen atoms in total. The van der Waals surface area contributed by atoms with Crippen molar-refractivity contribution in [1.82, 2.24) is 35.1 Å². The Morgan fingerprint density at radius 3 is 2.64 bits per heavy atom. The summed E-state index contributed by atoms with van der Waals surface area (Å²) in [5, 5.41) is 15.3. The molecule has 2 amide bonds. The van der Waals surface area contributed by atoms with Gasteiger partial charge in [-0.15, -0.1) is 5.10 Å². The molecule has 1 aliphatic heterocycles. The molecule has 0 spiro atoms. The van der Waals surface area contributed by atoms with E-state index >= 15 is 0 Å². The number of carbonyl (C=O) groups is 1. The van der Waals surface area contributed by atoms with Crippen LogP contribution in [-0.4, -0.2) is 73.5 Å². The van der Waals surface area contributed by atoms with E-state index in [1.54, 1.807) is 28.0 Å². The van der Waals surface area contributed by atoms with Crippen LogP contribution in [0.25, 0.3) is 5.69 Å². The highest BCUT2D eigenvalue weighted by molar-refractivity contribution is 7.98. The summed E-state index contributed by atoms with van der Waals surface area (Å²) < 4.78 is 1.64. The molecule has 4 rings (SSSR count). The lowest BCUT2D eigenvalue weighted by atomic mass is 10.2. The predicted molar refractivity (Wildman–Crippen MR) is 106 cm³/mol. The number of nitrogens with zero attached hydrogens (tertiary/aromatic N) is 8. The van der Waals surface area contributed by atoms with Gasteiger partial charge in [-0.1, -0.05) is 17.8 Å². The van der Waals surface area contributed by atoms with Gasteiger partial charge in [-0.3, -0.25) is 0 Å². The summed E-state index contributed by atoms with van der Waals surface area (Å²) in [6.07, 6.45) is 5.36. The first-order valence-electron chi connectivity index (χ1n) is 8.75. The molecule has 0 aliphatic carbocycles. The first kappa shape index (κ1) is 18.2. The van der Waals surface area contributed by atoms with Gasteiger partial charge >= 0.3 is 6.03 Å². The highest BCUT2D eigenvalue weighted by Crippen LogP contribution is 2.19. The van der Waals surface area contributed by atoms with Crippen molar-refractivity contribution in [2.45, 2.75) is 5.16 Å². The molecular weight excluding hydrogens is 378 g/mol. The third kappa shape index (κ3) is 3.88. The Kier molecular flexibility index (Phi) is 5.33. The number of nitrogens with one attached hydrogen (secondary N) is 1. The summed E-state index contributed by atoms with van der Waals surface area (Å²) in [7, 11) is 0. The number of thioether (sulfide) groups is 1. The fourth-order valence-corrected chi connectivity index (χ4v) is 3.38. The van der Waals surface area contributed by atoms with Gasteiger partial charge in [-0.05, 0) is 40.9 Å². The van der Waals surface area contributed by atoms with Crippen molar-refractivity contribution in [3.63, 3.8) is 0 Å². The number of carbonyl (C=O) groups excluding carboxylic acids is 1. The molecule has 1 fully saturated rings. The van der Waals surface area contributed by atoms with Crippen molar-refractivity contribution >= 4 is 29.4 Å². The molecule has 1 N–H and O–H groups in total. The molecule has 0 bridgehead atoms. The van der Waals surface area contributed by atoms with Crippen LogP contribution in [0.2, 0.25) is 0 Å². The largest absolute Gasteiger partial charge is 0.337 e. The number of anilines is 2. The molecular formula is C17H19N9OS. The number of rotatable bonds is 4. The normalized spacial score (nSPS) is 14.2. The van der Waals surface area contributed by atoms with Crippen LogP contribution in [0, 0.1) is 0 Å². The second kappa shape index (κ2) is 8.21. The monoisotopic (exact) mass is 397 g/mol. The van der Waals surface area contributed by atoms with Crippen LogP contribution in [0.15, 0.2) is 47.9 Å². The van der Waals surface area contributed by atoms with Crippen molar-refractivity contribution in [2.75, 3.05) is 42.7 Å². The smallest absolute Gasteiger partial charge is 0.321 e. The van der Waals surface area contributed by atoms with Gasteiger partial charge in [0, 0.05) is 44.3 Å². The van der Waals surface area contributed by atoms with Crippen LogP contribution in [0.4, 0.5) is 16.4 Å². The molecule has 3 aromatic rings. The van der Waals surface area contributed by atoms with E-state index in [1.807, 2.05) is 30.5 Å². The van der Waals surface area contributed by atoms with Crippen molar-refractivity contribution in [3.05, 3.63) is 42.7 Å². The Bertz CT molecular complexity index is 941. The molecule has 0 radical (unpaired) electrons. The SMILES string of the molecule is CSc1nnnn1-c1cccc(NC(=O)N2CCN(c3ncccn3)CC2)c1. The summed E-state index contributed by atoms with van der Waals surface area (Å²) in [4.78, 5) is 25.0.